The van der Waals surface area contributed by atoms with Crippen LogP contribution in [-0.4, -0.2) is 22.5 Å². The summed E-state index contributed by atoms with van der Waals surface area (Å²) in [5, 5.41) is 10.6. The number of hydrogen-bond acceptors (Lipinski definition) is 5. The Kier molecular flexibility index (Phi) is 6.33. The molecule has 2 amide bonds. The molecule has 0 radical (unpaired) electrons. The van der Waals surface area contributed by atoms with Crippen LogP contribution in [0.3, 0.4) is 0 Å². The van der Waals surface area contributed by atoms with Crippen LogP contribution in [0.4, 0.5) is 5.69 Å². The maximum absolute atomic E-state index is 11.9. The third-order valence-corrected chi connectivity index (χ3v) is 4.55. The van der Waals surface area contributed by atoms with E-state index in [9.17, 15) is 19.7 Å². The van der Waals surface area contributed by atoms with Crippen molar-refractivity contribution >= 4 is 45.2 Å². The van der Waals surface area contributed by atoms with Crippen molar-refractivity contribution in [2.75, 3.05) is 5.75 Å². The Morgan fingerprint density at radius 2 is 1.75 bits per heavy atom. The van der Waals surface area contributed by atoms with Crippen LogP contribution in [0.5, 0.6) is 0 Å². The van der Waals surface area contributed by atoms with Crippen molar-refractivity contribution in [1.29, 1.82) is 0 Å². The van der Waals surface area contributed by atoms with Crippen LogP contribution < -0.4 is 10.9 Å². The minimum atomic E-state index is -0.488. The number of carbonyl (C=O) groups is 2. The second-order valence-corrected chi connectivity index (χ2v) is 6.42. The summed E-state index contributed by atoms with van der Waals surface area (Å²) >= 11 is 4.46. The van der Waals surface area contributed by atoms with Crippen LogP contribution >= 0.6 is 27.7 Å². The van der Waals surface area contributed by atoms with E-state index in [1.807, 2.05) is 0 Å². The molecule has 2 rings (SSSR count). The highest BCUT2D eigenvalue weighted by Crippen LogP contribution is 2.21. The molecule has 0 aromatic heterocycles. The highest BCUT2D eigenvalue weighted by molar-refractivity contribution is 9.10. The van der Waals surface area contributed by atoms with Crippen molar-refractivity contribution in [3.8, 4) is 0 Å². The minimum Gasteiger partial charge on any atom is -0.272 e. The summed E-state index contributed by atoms with van der Waals surface area (Å²) in [5.74, 6) is -0.761. The Bertz CT molecular complexity index is 768. The van der Waals surface area contributed by atoms with Crippen LogP contribution in [0.2, 0.25) is 0 Å². The van der Waals surface area contributed by atoms with Gasteiger partial charge in [-0.1, -0.05) is 12.1 Å². The molecule has 0 unspecified atom stereocenters. The maximum atomic E-state index is 11.9. The van der Waals surface area contributed by atoms with Crippen molar-refractivity contribution in [2.45, 2.75) is 4.90 Å². The molecule has 9 heteroatoms. The summed E-state index contributed by atoms with van der Waals surface area (Å²) in [4.78, 5) is 34.5. The SMILES string of the molecule is O=C(CSc1ccc([N+](=O)[O-])cc1)NNC(=O)c1ccccc1Br. The molecule has 2 aromatic carbocycles. The average molecular weight is 410 g/mol. The van der Waals surface area contributed by atoms with E-state index >= 15 is 0 Å². The van der Waals surface area contributed by atoms with E-state index in [-0.39, 0.29) is 11.4 Å². The quantitative estimate of drug-likeness (QED) is 0.449. The predicted molar refractivity (Wildman–Crippen MR) is 93.6 cm³/mol. The van der Waals surface area contributed by atoms with Crippen LogP contribution in [0.1, 0.15) is 10.4 Å². The molecule has 124 valence electrons. The Labute approximate surface area is 150 Å². The number of nitrogens with zero attached hydrogens (tertiary/aromatic N) is 1. The number of thioether (sulfide) groups is 1. The fourth-order valence-corrected chi connectivity index (χ4v) is 2.85. The second-order valence-electron chi connectivity index (χ2n) is 4.52. The standard InChI is InChI=1S/C15H12BrN3O4S/c16-13-4-2-1-3-12(13)15(21)18-17-14(20)9-24-11-7-5-10(6-8-11)19(22)23/h1-8H,9H2,(H,17,20)(H,18,21). The zero-order chi connectivity index (χ0) is 17.5. The molecule has 24 heavy (non-hydrogen) atoms. The summed E-state index contributed by atoms with van der Waals surface area (Å²) in [6.45, 7) is 0. The number of benzene rings is 2. The second kappa shape index (κ2) is 8.46. The van der Waals surface area contributed by atoms with Gasteiger partial charge in [0.05, 0.1) is 16.2 Å². The van der Waals surface area contributed by atoms with Gasteiger partial charge in [0.25, 0.3) is 11.6 Å². The maximum Gasteiger partial charge on any atom is 0.270 e. The lowest BCUT2D eigenvalue weighted by atomic mass is 10.2. The molecule has 0 saturated carbocycles. The molecular formula is C15H12BrN3O4S. The molecule has 0 spiro atoms. The van der Waals surface area contributed by atoms with E-state index in [0.717, 1.165) is 0 Å². The Morgan fingerprint density at radius 1 is 1.08 bits per heavy atom. The molecular weight excluding hydrogens is 398 g/mol. The first-order valence-electron chi connectivity index (χ1n) is 6.68. The van der Waals surface area contributed by atoms with Crippen molar-refractivity contribution in [2.24, 2.45) is 0 Å². The summed E-state index contributed by atoms with van der Waals surface area (Å²) in [5.41, 5.74) is 5.04. The number of hydrazine groups is 1. The fourth-order valence-electron chi connectivity index (χ4n) is 1.69. The lowest BCUT2D eigenvalue weighted by molar-refractivity contribution is -0.384. The first-order valence-corrected chi connectivity index (χ1v) is 8.46. The average Bonchev–Trinajstić information content (AvgIpc) is 2.58. The van der Waals surface area contributed by atoms with Crippen molar-refractivity contribution in [1.82, 2.24) is 10.9 Å². The molecule has 0 saturated heterocycles. The number of hydrogen-bond donors (Lipinski definition) is 2. The zero-order valence-electron chi connectivity index (χ0n) is 12.2. The van der Waals surface area contributed by atoms with E-state index in [1.165, 1.54) is 23.9 Å². The third kappa shape index (κ3) is 5.07. The first-order chi connectivity index (χ1) is 11.5. The van der Waals surface area contributed by atoms with Gasteiger partial charge in [-0.05, 0) is 40.2 Å². The summed E-state index contributed by atoms with van der Waals surface area (Å²) in [7, 11) is 0. The summed E-state index contributed by atoms with van der Waals surface area (Å²) < 4.78 is 0.622. The first kappa shape index (κ1) is 18.0. The number of nitro benzene ring substituents is 1. The van der Waals surface area contributed by atoms with Crippen LogP contribution in [0, 0.1) is 10.1 Å². The van der Waals surface area contributed by atoms with Gasteiger partial charge in [0.2, 0.25) is 5.91 Å². The molecule has 0 aliphatic carbocycles. The normalized spacial score (nSPS) is 10.0. The van der Waals surface area contributed by atoms with Crippen LogP contribution in [0.15, 0.2) is 57.9 Å². The predicted octanol–water partition coefficient (Wildman–Crippen LogP) is 2.91. The van der Waals surface area contributed by atoms with Crippen LogP contribution in [0.25, 0.3) is 0 Å². The van der Waals surface area contributed by atoms with Crippen molar-refractivity contribution < 1.29 is 14.5 Å². The number of nitro groups is 1. The largest absolute Gasteiger partial charge is 0.272 e. The number of halogens is 1. The monoisotopic (exact) mass is 409 g/mol. The van der Waals surface area contributed by atoms with E-state index in [1.54, 1.807) is 36.4 Å². The zero-order valence-corrected chi connectivity index (χ0v) is 14.6. The molecule has 2 aromatic rings. The van der Waals surface area contributed by atoms with Gasteiger partial charge in [0.15, 0.2) is 0 Å². The van der Waals surface area contributed by atoms with E-state index < -0.39 is 16.7 Å². The minimum absolute atomic E-state index is 0.00972. The van der Waals surface area contributed by atoms with Gasteiger partial charge in [-0.15, -0.1) is 11.8 Å². The molecule has 7 nitrogen and oxygen atoms in total. The smallest absolute Gasteiger partial charge is 0.270 e. The molecule has 0 fully saturated rings. The third-order valence-electron chi connectivity index (χ3n) is 2.85. The van der Waals surface area contributed by atoms with Crippen molar-refractivity contribution in [3.63, 3.8) is 0 Å². The lowest BCUT2D eigenvalue weighted by Gasteiger charge is -2.08. The molecule has 0 aliphatic rings. The molecule has 0 atom stereocenters. The topological polar surface area (TPSA) is 101 Å². The number of carbonyl (C=O) groups excluding carboxylic acids is 2. The van der Waals surface area contributed by atoms with E-state index in [0.29, 0.717) is 14.9 Å². The summed E-state index contributed by atoms with van der Waals surface area (Å²) in [6.07, 6.45) is 0. The Morgan fingerprint density at radius 3 is 2.38 bits per heavy atom. The molecule has 2 N–H and O–H groups in total. The highest BCUT2D eigenvalue weighted by Gasteiger charge is 2.11. The van der Waals surface area contributed by atoms with Gasteiger partial charge >= 0.3 is 0 Å². The number of nitrogens with one attached hydrogen (secondary N) is 2. The molecule has 0 heterocycles. The van der Waals surface area contributed by atoms with Crippen molar-refractivity contribution in [3.05, 3.63) is 68.7 Å². The van der Waals surface area contributed by atoms with Crippen LogP contribution in [-0.2, 0) is 4.79 Å². The van der Waals surface area contributed by atoms with Gasteiger partial charge in [-0.3, -0.25) is 30.6 Å². The fraction of sp³-hybridized carbons (Fsp3) is 0.0667. The van der Waals surface area contributed by atoms with Gasteiger partial charge in [-0.2, -0.15) is 0 Å². The van der Waals surface area contributed by atoms with E-state index in [4.69, 9.17) is 0 Å². The molecule has 0 bridgehead atoms. The Balaban J connectivity index is 1.80. The van der Waals surface area contributed by atoms with Gasteiger partial charge in [-0.25, -0.2) is 0 Å². The number of non-ortho nitro benzene ring substituents is 1. The summed E-state index contributed by atoms with van der Waals surface area (Å²) in [6, 6.07) is 12.7. The Hall–Kier alpha value is -2.39. The molecule has 0 aliphatic heterocycles. The number of rotatable bonds is 5. The van der Waals surface area contributed by atoms with Gasteiger partial charge in [0.1, 0.15) is 0 Å². The van der Waals surface area contributed by atoms with Gasteiger partial charge in [0, 0.05) is 21.5 Å². The number of amides is 2. The highest BCUT2D eigenvalue weighted by atomic mass is 79.9. The van der Waals surface area contributed by atoms with E-state index in [2.05, 4.69) is 26.8 Å². The lowest BCUT2D eigenvalue weighted by Crippen LogP contribution is -2.42. The van der Waals surface area contributed by atoms with Gasteiger partial charge < -0.3 is 0 Å².